The second kappa shape index (κ2) is 4.22. The van der Waals surface area contributed by atoms with Crippen LogP contribution in [-0.2, 0) is 4.79 Å². The van der Waals surface area contributed by atoms with Gasteiger partial charge < -0.3 is 10.2 Å². The first-order valence-electron chi connectivity index (χ1n) is 8.48. The van der Waals surface area contributed by atoms with Gasteiger partial charge in [0.1, 0.15) is 0 Å². The van der Waals surface area contributed by atoms with Crippen molar-refractivity contribution in [1.29, 1.82) is 0 Å². The van der Waals surface area contributed by atoms with Crippen molar-refractivity contribution in [2.75, 3.05) is 20.1 Å². The fourth-order valence-electron chi connectivity index (χ4n) is 6.48. The van der Waals surface area contributed by atoms with Crippen LogP contribution >= 0.6 is 0 Å². The predicted molar refractivity (Wildman–Crippen MR) is 79.3 cm³/mol. The highest BCUT2D eigenvalue weighted by atomic mass is 16.2. The van der Waals surface area contributed by atoms with Crippen LogP contribution < -0.4 is 5.32 Å². The Morgan fingerprint density at radius 1 is 1.20 bits per heavy atom. The minimum absolute atomic E-state index is 0.0101. The average Bonchev–Trinajstić information content (AvgIpc) is 2.87. The third-order valence-electron chi connectivity index (χ3n) is 6.71. The molecule has 4 aliphatic carbocycles. The molecule has 1 aliphatic heterocycles. The van der Waals surface area contributed by atoms with Crippen molar-refractivity contribution >= 4 is 5.91 Å². The van der Waals surface area contributed by atoms with E-state index in [1.807, 2.05) is 0 Å². The number of rotatable bonds is 2. The van der Waals surface area contributed by atoms with Gasteiger partial charge in [-0.15, -0.1) is 0 Å². The highest BCUT2D eigenvalue weighted by Gasteiger charge is 2.59. The summed E-state index contributed by atoms with van der Waals surface area (Å²) in [6, 6.07) is 0.434. The minimum Gasteiger partial charge on any atom is -0.341 e. The number of hydrogen-bond acceptors (Lipinski definition) is 2. The SMILES string of the molecule is CN(C(=O)C12CC3CC(CC(C)(C3)C1)C2)C1CCNC1. The fourth-order valence-corrected chi connectivity index (χ4v) is 6.48. The number of carbonyl (C=O) groups excluding carboxylic acids is 1. The van der Waals surface area contributed by atoms with E-state index in [1.54, 1.807) is 0 Å². The van der Waals surface area contributed by atoms with Crippen molar-refractivity contribution in [2.24, 2.45) is 22.7 Å². The van der Waals surface area contributed by atoms with Crippen LogP contribution in [0, 0.1) is 22.7 Å². The van der Waals surface area contributed by atoms with E-state index in [0.29, 0.717) is 17.4 Å². The number of amides is 1. The zero-order valence-corrected chi connectivity index (χ0v) is 13.0. The van der Waals surface area contributed by atoms with Crippen LogP contribution in [0.1, 0.15) is 51.9 Å². The third kappa shape index (κ3) is 1.85. The first-order valence-corrected chi connectivity index (χ1v) is 8.48. The Morgan fingerprint density at radius 3 is 2.45 bits per heavy atom. The smallest absolute Gasteiger partial charge is 0.228 e. The maximum atomic E-state index is 13.2. The van der Waals surface area contributed by atoms with Gasteiger partial charge in [0.25, 0.3) is 0 Å². The van der Waals surface area contributed by atoms with Crippen molar-refractivity contribution in [1.82, 2.24) is 10.2 Å². The molecule has 1 heterocycles. The average molecular weight is 276 g/mol. The molecule has 4 saturated carbocycles. The lowest BCUT2D eigenvalue weighted by atomic mass is 9.44. The van der Waals surface area contributed by atoms with Crippen molar-refractivity contribution in [3.05, 3.63) is 0 Å². The molecule has 5 rings (SSSR count). The molecule has 5 aliphatic rings. The molecule has 0 aromatic carbocycles. The van der Waals surface area contributed by atoms with Crippen LogP contribution in [0.4, 0.5) is 0 Å². The van der Waals surface area contributed by atoms with E-state index >= 15 is 0 Å². The molecule has 0 aromatic heterocycles. The summed E-state index contributed by atoms with van der Waals surface area (Å²) in [5, 5.41) is 3.40. The first kappa shape index (κ1) is 13.1. The first-order chi connectivity index (χ1) is 9.50. The summed E-state index contributed by atoms with van der Waals surface area (Å²) < 4.78 is 0. The van der Waals surface area contributed by atoms with Crippen LogP contribution in [-0.4, -0.2) is 37.0 Å². The predicted octanol–water partition coefficient (Wildman–Crippen LogP) is 2.41. The Kier molecular flexibility index (Phi) is 2.77. The quantitative estimate of drug-likeness (QED) is 0.840. The number of hydrogen-bond donors (Lipinski definition) is 1. The van der Waals surface area contributed by atoms with Gasteiger partial charge >= 0.3 is 0 Å². The lowest BCUT2D eigenvalue weighted by Crippen LogP contribution is -2.58. The van der Waals surface area contributed by atoms with E-state index in [9.17, 15) is 4.79 Å². The van der Waals surface area contributed by atoms with Gasteiger partial charge in [0.05, 0.1) is 5.41 Å². The Labute approximate surface area is 122 Å². The van der Waals surface area contributed by atoms with Crippen LogP contribution in [0.2, 0.25) is 0 Å². The molecule has 3 atom stereocenters. The van der Waals surface area contributed by atoms with E-state index in [-0.39, 0.29) is 5.41 Å². The summed E-state index contributed by atoms with van der Waals surface area (Å²) in [5.74, 6) is 2.15. The second-order valence-corrected chi connectivity index (χ2v) is 8.61. The summed E-state index contributed by atoms with van der Waals surface area (Å²) in [4.78, 5) is 15.3. The van der Waals surface area contributed by atoms with Gasteiger partial charge in [0, 0.05) is 19.6 Å². The highest BCUT2D eigenvalue weighted by molar-refractivity contribution is 5.83. The Morgan fingerprint density at radius 2 is 1.90 bits per heavy atom. The Hall–Kier alpha value is -0.570. The van der Waals surface area contributed by atoms with Crippen molar-refractivity contribution < 1.29 is 4.79 Å². The van der Waals surface area contributed by atoms with E-state index in [1.165, 1.54) is 32.1 Å². The molecule has 3 nitrogen and oxygen atoms in total. The summed E-state index contributed by atoms with van der Waals surface area (Å²) in [5.41, 5.74) is 0.477. The summed E-state index contributed by atoms with van der Waals surface area (Å²) in [6.45, 7) is 4.50. The molecule has 5 fully saturated rings. The van der Waals surface area contributed by atoms with E-state index < -0.39 is 0 Å². The highest BCUT2D eigenvalue weighted by Crippen LogP contribution is 2.65. The van der Waals surface area contributed by atoms with Gasteiger partial charge in [-0.05, 0) is 68.7 Å². The summed E-state index contributed by atoms with van der Waals surface area (Å²) >= 11 is 0. The van der Waals surface area contributed by atoms with Crippen LogP contribution in [0.15, 0.2) is 0 Å². The maximum absolute atomic E-state index is 13.2. The molecule has 4 bridgehead atoms. The summed E-state index contributed by atoms with van der Waals surface area (Å²) in [7, 11) is 2.06. The zero-order chi connectivity index (χ0) is 14.0. The van der Waals surface area contributed by atoms with Gasteiger partial charge in [-0.2, -0.15) is 0 Å². The van der Waals surface area contributed by atoms with Gasteiger partial charge in [0.15, 0.2) is 0 Å². The molecular weight excluding hydrogens is 248 g/mol. The normalized spacial score (nSPS) is 49.6. The van der Waals surface area contributed by atoms with E-state index in [2.05, 4.69) is 24.2 Å². The lowest BCUT2D eigenvalue weighted by molar-refractivity contribution is -0.166. The molecule has 1 saturated heterocycles. The topological polar surface area (TPSA) is 32.3 Å². The van der Waals surface area contributed by atoms with Gasteiger partial charge in [-0.25, -0.2) is 0 Å². The standard InChI is InChI=1S/C17H28N2O/c1-16-6-12-5-13(7-16)9-17(8-12,11-16)15(20)19(2)14-3-4-18-10-14/h12-14,18H,3-11H2,1-2H3. The Balaban J connectivity index is 1.59. The van der Waals surface area contributed by atoms with Crippen LogP contribution in [0.5, 0.6) is 0 Å². The van der Waals surface area contributed by atoms with Crippen molar-refractivity contribution in [3.8, 4) is 0 Å². The molecule has 0 spiro atoms. The van der Waals surface area contributed by atoms with Crippen LogP contribution in [0.3, 0.4) is 0 Å². The molecule has 0 aromatic rings. The number of nitrogens with one attached hydrogen (secondary N) is 1. The molecule has 1 amide bonds. The summed E-state index contributed by atoms with van der Waals surface area (Å²) in [6.07, 6.45) is 8.82. The Bertz CT molecular complexity index is 413. The molecule has 1 N–H and O–H groups in total. The molecule has 20 heavy (non-hydrogen) atoms. The molecule has 3 unspecified atom stereocenters. The molecule has 0 radical (unpaired) electrons. The van der Waals surface area contributed by atoms with E-state index in [0.717, 1.165) is 37.8 Å². The second-order valence-electron chi connectivity index (χ2n) is 8.61. The fraction of sp³-hybridized carbons (Fsp3) is 0.941. The lowest BCUT2D eigenvalue weighted by Gasteiger charge is -2.61. The monoisotopic (exact) mass is 276 g/mol. The van der Waals surface area contributed by atoms with Gasteiger partial charge in [0.2, 0.25) is 5.91 Å². The minimum atomic E-state index is 0.0101. The zero-order valence-electron chi connectivity index (χ0n) is 13.0. The molecule has 112 valence electrons. The van der Waals surface area contributed by atoms with Crippen molar-refractivity contribution in [3.63, 3.8) is 0 Å². The largest absolute Gasteiger partial charge is 0.341 e. The maximum Gasteiger partial charge on any atom is 0.228 e. The third-order valence-corrected chi connectivity index (χ3v) is 6.71. The number of likely N-dealkylation sites (N-methyl/N-ethyl adjacent to an activating group) is 1. The van der Waals surface area contributed by atoms with Crippen molar-refractivity contribution in [2.45, 2.75) is 57.9 Å². The van der Waals surface area contributed by atoms with E-state index in [4.69, 9.17) is 0 Å². The number of carbonyl (C=O) groups is 1. The van der Waals surface area contributed by atoms with Crippen LogP contribution in [0.25, 0.3) is 0 Å². The van der Waals surface area contributed by atoms with Gasteiger partial charge in [-0.3, -0.25) is 4.79 Å². The molecule has 3 heteroatoms. The number of nitrogens with zero attached hydrogens (tertiary/aromatic N) is 1. The molecular formula is C17H28N2O. The van der Waals surface area contributed by atoms with Gasteiger partial charge in [-0.1, -0.05) is 6.92 Å².